The summed E-state index contributed by atoms with van der Waals surface area (Å²) in [6, 6.07) is 32.4. The lowest BCUT2D eigenvalue weighted by molar-refractivity contribution is -0.384. The number of carbonyl (C=O) groups is 2. The highest BCUT2D eigenvalue weighted by Gasteiger charge is 2.70. The molecule has 3 aliphatic rings. The van der Waals surface area contributed by atoms with Crippen molar-refractivity contribution in [3.8, 4) is 0 Å². The van der Waals surface area contributed by atoms with Gasteiger partial charge in [0, 0.05) is 46.9 Å². The Hall–Kier alpha value is -4.38. The Kier molecular flexibility index (Phi) is 4.61. The second-order valence-electron chi connectivity index (χ2n) is 10.4. The van der Waals surface area contributed by atoms with Crippen LogP contribution < -0.4 is 0 Å². The number of nitrogens with zero attached hydrogens (tertiary/aromatic N) is 1. The minimum atomic E-state index is -0.836. The molecule has 0 bridgehead atoms. The van der Waals surface area contributed by atoms with E-state index in [1.54, 1.807) is 6.07 Å². The van der Waals surface area contributed by atoms with Crippen LogP contribution in [0, 0.1) is 21.4 Å². The second kappa shape index (κ2) is 7.81. The maximum atomic E-state index is 14.6. The van der Waals surface area contributed by atoms with E-state index in [0.29, 0.717) is 12.0 Å². The molecule has 5 unspecified atom stereocenters. The third-order valence-electron chi connectivity index (χ3n) is 8.88. The SMILES string of the molecule is O=C1c2cc([N+](=O)[O-])ccc2C2C1C(c1ccccc1)C1(Cc3ccccc3C1=O)C2c1ccccc1. The molecule has 0 amide bonds. The van der Waals surface area contributed by atoms with Gasteiger partial charge >= 0.3 is 0 Å². The van der Waals surface area contributed by atoms with Crippen molar-refractivity contribution in [1.82, 2.24) is 0 Å². The van der Waals surface area contributed by atoms with Crippen molar-refractivity contribution in [2.75, 3.05) is 0 Å². The first kappa shape index (κ1) is 21.9. The number of non-ortho nitro benzene ring substituents is 1. The summed E-state index contributed by atoms with van der Waals surface area (Å²) in [7, 11) is 0. The average Bonchev–Trinajstić information content (AvgIpc) is 3.50. The molecule has 0 radical (unpaired) electrons. The van der Waals surface area contributed by atoms with E-state index in [4.69, 9.17) is 0 Å². The van der Waals surface area contributed by atoms with Crippen LogP contribution in [0.25, 0.3) is 0 Å². The van der Waals surface area contributed by atoms with E-state index in [2.05, 4.69) is 12.1 Å². The minimum absolute atomic E-state index is 0.0846. The van der Waals surface area contributed by atoms with Crippen LogP contribution in [0.4, 0.5) is 5.69 Å². The zero-order valence-corrected chi connectivity index (χ0v) is 19.9. The number of rotatable bonds is 3. The van der Waals surface area contributed by atoms with Crippen molar-refractivity contribution in [3.05, 3.63) is 147 Å². The molecule has 37 heavy (non-hydrogen) atoms. The number of hydrogen-bond donors (Lipinski definition) is 0. The fraction of sp³-hybridized carbons (Fsp3) is 0.188. The van der Waals surface area contributed by atoms with Crippen LogP contribution in [0.5, 0.6) is 0 Å². The maximum absolute atomic E-state index is 14.6. The highest BCUT2D eigenvalue weighted by atomic mass is 16.6. The predicted molar refractivity (Wildman–Crippen MR) is 139 cm³/mol. The average molecular weight is 486 g/mol. The molecule has 0 aromatic heterocycles. The molecule has 5 nitrogen and oxygen atoms in total. The third kappa shape index (κ3) is 2.85. The standard InChI is InChI=1S/C32H23NO4/c34-30-25-17-22(33(36)37)15-16-24(25)26-27(30)29(20-11-5-2-6-12-20)32(28(26)19-9-3-1-4-10-19)18-21-13-7-8-14-23(21)31(32)35/h1-17,26-29H,18H2. The van der Waals surface area contributed by atoms with Crippen LogP contribution in [0.2, 0.25) is 0 Å². The van der Waals surface area contributed by atoms with Gasteiger partial charge in [0.15, 0.2) is 11.6 Å². The smallest absolute Gasteiger partial charge is 0.270 e. The fourth-order valence-electron chi connectivity index (χ4n) is 7.65. The molecular weight excluding hydrogens is 462 g/mol. The first-order chi connectivity index (χ1) is 18.0. The van der Waals surface area contributed by atoms with Crippen molar-refractivity contribution in [2.24, 2.45) is 11.3 Å². The number of ketones is 2. The Morgan fingerprint density at radius 2 is 1.30 bits per heavy atom. The molecule has 0 heterocycles. The number of hydrogen-bond acceptors (Lipinski definition) is 4. The highest BCUT2D eigenvalue weighted by molar-refractivity contribution is 6.11. The van der Waals surface area contributed by atoms with Crippen LogP contribution >= 0.6 is 0 Å². The number of fused-ring (bicyclic) bond motifs is 4. The zero-order valence-electron chi connectivity index (χ0n) is 19.9. The molecule has 3 aliphatic carbocycles. The molecule has 5 atom stereocenters. The van der Waals surface area contributed by atoms with Gasteiger partial charge in [0.1, 0.15) is 0 Å². The number of carbonyl (C=O) groups excluding carboxylic acids is 2. The lowest BCUT2D eigenvalue weighted by Crippen LogP contribution is -2.38. The highest BCUT2D eigenvalue weighted by Crippen LogP contribution is 2.72. The van der Waals surface area contributed by atoms with Gasteiger partial charge in [-0.2, -0.15) is 0 Å². The molecule has 7 rings (SSSR count). The van der Waals surface area contributed by atoms with Gasteiger partial charge < -0.3 is 0 Å². The summed E-state index contributed by atoms with van der Waals surface area (Å²) in [6.45, 7) is 0. The van der Waals surface area contributed by atoms with Crippen LogP contribution in [0.3, 0.4) is 0 Å². The van der Waals surface area contributed by atoms with Crippen molar-refractivity contribution in [1.29, 1.82) is 0 Å². The van der Waals surface area contributed by atoms with Gasteiger partial charge in [0.2, 0.25) is 0 Å². The Labute approximate surface area is 213 Å². The first-order valence-corrected chi connectivity index (χ1v) is 12.6. The van der Waals surface area contributed by atoms with Crippen LogP contribution in [-0.2, 0) is 6.42 Å². The molecule has 1 spiro atoms. The number of nitro groups is 1. The summed E-state index contributed by atoms with van der Waals surface area (Å²) in [6.07, 6.45) is 0.559. The normalized spacial score (nSPS) is 27.2. The third-order valence-corrected chi connectivity index (χ3v) is 8.88. The molecule has 0 N–H and O–H groups in total. The van der Waals surface area contributed by atoms with Gasteiger partial charge in [-0.1, -0.05) is 91.0 Å². The van der Waals surface area contributed by atoms with Gasteiger partial charge in [-0.05, 0) is 28.7 Å². The molecular formula is C32H23NO4. The van der Waals surface area contributed by atoms with Crippen molar-refractivity contribution >= 4 is 17.3 Å². The monoisotopic (exact) mass is 485 g/mol. The van der Waals surface area contributed by atoms with Crippen LogP contribution in [0.1, 0.15) is 60.7 Å². The summed E-state index contributed by atoms with van der Waals surface area (Å²) >= 11 is 0. The van der Waals surface area contributed by atoms with Crippen molar-refractivity contribution < 1.29 is 14.5 Å². The molecule has 1 fully saturated rings. The molecule has 0 aliphatic heterocycles. The summed E-state index contributed by atoms with van der Waals surface area (Å²) < 4.78 is 0. The maximum Gasteiger partial charge on any atom is 0.270 e. The van der Waals surface area contributed by atoms with Crippen LogP contribution in [0.15, 0.2) is 103 Å². The Balaban J connectivity index is 1.54. The van der Waals surface area contributed by atoms with Gasteiger partial charge in [-0.25, -0.2) is 0 Å². The molecule has 4 aromatic rings. The Morgan fingerprint density at radius 3 is 1.92 bits per heavy atom. The number of nitro benzene ring substituents is 1. The summed E-state index contributed by atoms with van der Waals surface area (Å²) in [5, 5.41) is 11.5. The van der Waals surface area contributed by atoms with E-state index in [1.165, 1.54) is 12.1 Å². The minimum Gasteiger partial charge on any atom is -0.294 e. The lowest BCUT2D eigenvalue weighted by atomic mass is 9.62. The second-order valence-corrected chi connectivity index (χ2v) is 10.4. The van der Waals surface area contributed by atoms with E-state index in [-0.39, 0.29) is 35.0 Å². The van der Waals surface area contributed by atoms with Gasteiger partial charge in [0.25, 0.3) is 5.69 Å². The van der Waals surface area contributed by atoms with Crippen molar-refractivity contribution in [2.45, 2.75) is 24.2 Å². The molecule has 5 heteroatoms. The zero-order chi connectivity index (χ0) is 25.3. The van der Waals surface area contributed by atoms with E-state index in [9.17, 15) is 19.7 Å². The molecule has 0 saturated heterocycles. The van der Waals surface area contributed by atoms with Gasteiger partial charge in [0.05, 0.1) is 10.3 Å². The molecule has 1 saturated carbocycles. The lowest BCUT2D eigenvalue weighted by Gasteiger charge is -2.38. The number of benzene rings is 4. The Morgan fingerprint density at radius 1 is 0.703 bits per heavy atom. The van der Waals surface area contributed by atoms with Gasteiger partial charge in [-0.15, -0.1) is 0 Å². The van der Waals surface area contributed by atoms with Gasteiger partial charge in [-0.3, -0.25) is 19.7 Å². The summed E-state index contributed by atoms with van der Waals surface area (Å²) in [5.41, 5.74) is 4.06. The predicted octanol–water partition coefficient (Wildman–Crippen LogP) is 6.50. The topological polar surface area (TPSA) is 77.3 Å². The molecule has 4 aromatic carbocycles. The van der Waals surface area contributed by atoms with E-state index in [0.717, 1.165) is 27.8 Å². The first-order valence-electron chi connectivity index (χ1n) is 12.6. The fourth-order valence-corrected chi connectivity index (χ4v) is 7.65. The van der Waals surface area contributed by atoms with Crippen molar-refractivity contribution in [3.63, 3.8) is 0 Å². The Bertz CT molecular complexity index is 1600. The largest absolute Gasteiger partial charge is 0.294 e. The summed E-state index contributed by atoms with van der Waals surface area (Å²) in [5.74, 6) is -1.36. The van der Waals surface area contributed by atoms with Crippen LogP contribution in [-0.4, -0.2) is 16.5 Å². The van der Waals surface area contributed by atoms with E-state index >= 15 is 0 Å². The number of Topliss-reactive ketones (excluding diaryl/α,β-unsaturated/α-hetero) is 2. The quantitative estimate of drug-likeness (QED) is 0.245. The van der Waals surface area contributed by atoms with E-state index < -0.39 is 16.3 Å². The summed E-state index contributed by atoms with van der Waals surface area (Å²) in [4.78, 5) is 39.9. The molecule has 180 valence electrons. The van der Waals surface area contributed by atoms with E-state index in [1.807, 2.05) is 72.8 Å².